The maximum Gasteiger partial charge on any atom is 0.277 e. The molecule has 8 nitrogen and oxygen atoms in total. The minimum Gasteiger partial charge on any atom is -0.394 e. The van der Waals surface area contributed by atoms with E-state index in [0.29, 0.717) is 11.1 Å². The molecule has 4 aromatic rings. The standard InChI is InChI=1S/C23H20N4O4/c24-22-16(9-8-14-6-3-5-13-4-1-2-7-15(13)14)21-20(23(30)26-22)25-12-27(21)19-10-17(29)18(11-28)31-19/h1-7,12,17-19,28-29H,10-11H2,(H3,24,26,30)/t17-,18+,19?/m0/s1. The van der Waals surface area contributed by atoms with Gasteiger partial charge in [-0.25, -0.2) is 4.98 Å². The number of aromatic nitrogens is 3. The van der Waals surface area contributed by atoms with Gasteiger partial charge in [0.05, 0.1) is 30.1 Å². The van der Waals surface area contributed by atoms with E-state index < -0.39 is 24.0 Å². The van der Waals surface area contributed by atoms with Gasteiger partial charge in [-0.2, -0.15) is 0 Å². The Morgan fingerprint density at radius 2 is 2.03 bits per heavy atom. The van der Waals surface area contributed by atoms with Crippen molar-refractivity contribution in [2.75, 3.05) is 12.3 Å². The van der Waals surface area contributed by atoms with Crippen LogP contribution in [0.4, 0.5) is 5.82 Å². The molecule has 5 N–H and O–H groups in total. The maximum atomic E-state index is 12.4. The first kappa shape index (κ1) is 19.3. The van der Waals surface area contributed by atoms with Crippen molar-refractivity contribution < 1.29 is 14.9 Å². The fraction of sp³-hybridized carbons (Fsp3) is 0.217. The second-order valence-electron chi connectivity index (χ2n) is 7.48. The summed E-state index contributed by atoms with van der Waals surface area (Å²) in [6, 6.07) is 13.8. The van der Waals surface area contributed by atoms with Gasteiger partial charge in [0, 0.05) is 12.0 Å². The minimum atomic E-state index is -0.822. The molecule has 1 fully saturated rings. The van der Waals surface area contributed by atoms with Gasteiger partial charge >= 0.3 is 0 Å². The van der Waals surface area contributed by atoms with Crippen molar-refractivity contribution in [3.63, 3.8) is 0 Å². The van der Waals surface area contributed by atoms with Crippen molar-refractivity contribution >= 4 is 27.6 Å². The molecule has 1 saturated heterocycles. The number of aliphatic hydroxyl groups excluding tert-OH is 2. The van der Waals surface area contributed by atoms with Gasteiger partial charge in [-0.05, 0) is 16.8 Å². The molecule has 0 bridgehead atoms. The second kappa shape index (κ2) is 7.56. The highest BCUT2D eigenvalue weighted by Gasteiger charge is 2.35. The number of imidazole rings is 1. The molecule has 156 valence electrons. The van der Waals surface area contributed by atoms with Gasteiger partial charge in [-0.3, -0.25) is 4.79 Å². The number of H-pyrrole nitrogens is 1. The van der Waals surface area contributed by atoms with Crippen LogP contribution >= 0.6 is 0 Å². The summed E-state index contributed by atoms with van der Waals surface area (Å²) >= 11 is 0. The molecule has 5 rings (SSSR count). The minimum absolute atomic E-state index is 0.129. The topological polar surface area (TPSA) is 126 Å². The molecular weight excluding hydrogens is 396 g/mol. The highest BCUT2D eigenvalue weighted by Crippen LogP contribution is 2.32. The lowest BCUT2D eigenvalue weighted by Gasteiger charge is -2.15. The van der Waals surface area contributed by atoms with Crippen molar-refractivity contribution in [2.45, 2.75) is 24.9 Å². The number of anilines is 1. The summed E-state index contributed by atoms with van der Waals surface area (Å²) in [6.07, 6.45) is -0.403. The van der Waals surface area contributed by atoms with E-state index in [0.717, 1.165) is 16.3 Å². The van der Waals surface area contributed by atoms with E-state index in [2.05, 4.69) is 21.8 Å². The van der Waals surface area contributed by atoms with Crippen LogP contribution in [0.25, 0.3) is 21.8 Å². The number of pyridine rings is 1. The van der Waals surface area contributed by atoms with Gasteiger partial charge < -0.3 is 30.2 Å². The molecule has 0 amide bonds. The second-order valence-corrected chi connectivity index (χ2v) is 7.48. The number of hydrogen-bond acceptors (Lipinski definition) is 6. The molecule has 31 heavy (non-hydrogen) atoms. The third kappa shape index (κ3) is 3.25. The van der Waals surface area contributed by atoms with E-state index in [1.165, 1.54) is 6.33 Å². The number of rotatable bonds is 2. The van der Waals surface area contributed by atoms with Gasteiger partial charge in [-0.1, -0.05) is 48.2 Å². The summed E-state index contributed by atoms with van der Waals surface area (Å²) in [4.78, 5) is 19.2. The van der Waals surface area contributed by atoms with Crippen LogP contribution in [0.1, 0.15) is 23.8 Å². The molecule has 2 aromatic heterocycles. The average molecular weight is 416 g/mol. The average Bonchev–Trinajstić information content (AvgIpc) is 3.37. The first-order valence-corrected chi connectivity index (χ1v) is 9.89. The van der Waals surface area contributed by atoms with E-state index in [1.807, 2.05) is 42.5 Å². The lowest BCUT2D eigenvalue weighted by Crippen LogP contribution is -2.24. The third-order valence-corrected chi connectivity index (χ3v) is 5.57. The number of nitrogens with zero attached hydrogens (tertiary/aromatic N) is 2. The number of nitrogens with one attached hydrogen (secondary N) is 1. The summed E-state index contributed by atoms with van der Waals surface area (Å²) in [5.41, 5.74) is 7.58. The van der Waals surface area contributed by atoms with Crippen LogP contribution in [0.3, 0.4) is 0 Å². The number of ether oxygens (including phenoxy) is 1. The van der Waals surface area contributed by atoms with Crippen LogP contribution in [0, 0.1) is 11.8 Å². The lowest BCUT2D eigenvalue weighted by molar-refractivity contribution is -0.0430. The Morgan fingerprint density at radius 3 is 2.84 bits per heavy atom. The summed E-state index contributed by atoms with van der Waals surface area (Å²) in [7, 11) is 0. The zero-order chi connectivity index (χ0) is 21.5. The number of aliphatic hydroxyl groups is 2. The predicted molar refractivity (Wildman–Crippen MR) is 116 cm³/mol. The number of hydrogen-bond donors (Lipinski definition) is 4. The number of aromatic amines is 1. The van der Waals surface area contributed by atoms with Crippen LogP contribution < -0.4 is 11.3 Å². The Morgan fingerprint density at radius 1 is 1.23 bits per heavy atom. The molecule has 0 radical (unpaired) electrons. The number of benzene rings is 2. The molecule has 0 saturated carbocycles. The van der Waals surface area contributed by atoms with Crippen LogP contribution in [0.5, 0.6) is 0 Å². The molecule has 0 aliphatic carbocycles. The molecule has 1 aliphatic heterocycles. The highest BCUT2D eigenvalue weighted by atomic mass is 16.5. The van der Waals surface area contributed by atoms with Crippen molar-refractivity contribution in [3.05, 3.63) is 70.3 Å². The van der Waals surface area contributed by atoms with Gasteiger partial charge in [0.15, 0.2) is 5.52 Å². The van der Waals surface area contributed by atoms with Gasteiger partial charge in [0.2, 0.25) is 0 Å². The van der Waals surface area contributed by atoms with Crippen molar-refractivity contribution in [1.29, 1.82) is 0 Å². The van der Waals surface area contributed by atoms with Crippen LogP contribution in [0.2, 0.25) is 0 Å². The Hall–Kier alpha value is -3.64. The summed E-state index contributed by atoms with van der Waals surface area (Å²) in [5, 5.41) is 21.6. The molecule has 3 atom stereocenters. The molecule has 0 spiro atoms. The third-order valence-electron chi connectivity index (χ3n) is 5.57. The Labute approximate surface area is 176 Å². The summed E-state index contributed by atoms with van der Waals surface area (Å²) in [5.74, 6) is 6.40. The smallest absolute Gasteiger partial charge is 0.277 e. The SMILES string of the molecule is Nc1[nH]c(=O)c2ncn(C3C[C@H](O)[C@@H](CO)O3)c2c1C#Cc1cccc2ccccc12. The molecule has 1 aliphatic rings. The molecule has 2 aromatic carbocycles. The monoisotopic (exact) mass is 416 g/mol. The summed E-state index contributed by atoms with van der Waals surface area (Å²) in [6.45, 7) is -0.305. The molecular formula is C23H20N4O4. The number of fused-ring (bicyclic) bond motifs is 2. The quantitative estimate of drug-likeness (QED) is 0.367. The van der Waals surface area contributed by atoms with E-state index in [9.17, 15) is 15.0 Å². The predicted octanol–water partition coefficient (Wildman–Crippen LogP) is 1.50. The maximum absolute atomic E-state index is 12.4. The fourth-order valence-corrected chi connectivity index (χ4v) is 4.01. The van der Waals surface area contributed by atoms with Crippen molar-refractivity contribution in [2.24, 2.45) is 0 Å². The van der Waals surface area contributed by atoms with Crippen molar-refractivity contribution in [3.8, 4) is 11.8 Å². The van der Waals surface area contributed by atoms with Gasteiger partial charge in [0.1, 0.15) is 18.1 Å². The van der Waals surface area contributed by atoms with E-state index in [4.69, 9.17) is 10.5 Å². The molecule has 3 heterocycles. The lowest BCUT2D eigenvalue weighted by atomic mass is 10.0. The van der Waals surface area contributed by atoms with Gasteiger partial charge in [-0.15, -0.1) is 0 Å². The van der Waals surface area contributed by atoms with E-state index in [1.54, 1.807) is 4.57 Å². The molecule has 1 unspecified atom stereocenters. The van der Waals surface area contributed by atoms with Gasteiger partial charge in [0.25, 0.3) is 5.56 Å². The van der Waals surface area contributed by atoms with E-state index in [-0.39, 0.29) is 24.4 Å². The molecule has 8 heteroatoms. The highest BCUT2D eigenvalue weighted by molar-refractivity contribution is 5.90. The van der Waals surface area contributed by atoms with Crippen LogP contribution in [0.15, 0.2) is 53.6 Å². The first-order valence-electron chi connectivity index (χ1n) is 9.89. The van der Waals surface area contributed by atoms with Crippen molar-refractivity contribution in [1.82, 2.24) is 14.5 Å². The zero-order valence-electron chi connectivity index (χ0n) is 16.4. The Kier molecular flexibility index (Phi) is 4.71. The van der Waals surface area contributed by atoms with Crippen LogP contribution in [-0.4, -0.2) is 43.6 Å². The summed E-state index contributed by atoms with van der Waals surface area (Å²) < 4.78 is 7.40. The van der Waals surface area contributed by atoms with E-state index >= 15 is 0 Å². The zero-order valence-corrected chi connectivity index (χ0v) is 16.4. The fourth-order valence-electron chi connectivity index (χ4n) is 4.01. The Bertz CT molecular complexity index is 1410. The van der Waals surface area contributed by atoms with Crippen LogP contribution in [-0.2, 0) is 4.74 Å². The number of nitrogens with two attached hydrogens (primary N) is 1. The Balaban J connectivity index is 1.67. The first-order chi connectivity index (χ1) is 15.1. The number of nitrogen functional groups attached to an aromatic ring is 1. The largest absolute Gasteiger partial charge is 0.394 e. The normalized spacial score (nSPS) is 20.8.